The van der Waals surface area contributed by atoms with Gasteiger partial charge in [0.2, 0.25) is 17.7 Å². The van der Waals surface area contributed by atoms with Crippen LogP contribution in [0.1, 0.15) is 71.9 Å². The Labute approximate surface area is 265 Å². The molecule has 45 heavy (non-hydrogen) atoms. The molecule has 6 atom stereocenters. The van der Waals surface area contributed by atoms with E-state index in [-0.39, 0.29) is 55.8 Å². The van der Waals surface area contributed by atoms with E-state index in [0.29, 0.717) is 13.0 Å². The summed E-state index contributed by atoms with van der Waals surface area (Å²) in [7, 11) is 0. The Bertz CT molecular complexity index is 1350. The van der Waals surface area contributed by atoms with Crippen molar-refractivity contribution in [2.75, 3.05) is 26.3 Å². The first-order valence-electron chi connectivity index (χ1n) is 16.0. The predicted molar refractivity (Wildman–Crippen MR) is 167 cm³/mol. The minimum atomic E-state index is -1.39. The molecule has 2 saturated heterocycles. The van der Waals surface area contributed by atoms with E-state index in [2.05, 4.69) is 26.1 Å². The lowest BCUT2D eigenvalue weighted by atomic mass is 9.77. The molecule has 2 fully saturated rings. The Morgan fingerprint density at radius 1 is 1.02 bits per heavy atom. The van der Waals surface area contributed by atoms with Crippen LogP contribution in [0.5, 0.6) is 0 Å². The molecule has 10 heteroatoms. The lowest BCUT2D eigenvalue weighted by molar-refractivity contribution is -0.152. The molecule has 4 aliphatic heterocycles. The zero-order chi connectivity index (χ0) is 32.6. The molecule has 4 aliphatic rings. The molecule has 0 bridgehead atoms. The number of cyclic esters (lactones) is 1. The van der Waals surface area contributed by atoms with Crippen LogP contribution in [0.4, 0.5) is 0 Å². The SMILES string of the molecule is CC(C)(C)CC(C)(C)N1CC=C[C@@]23O[C@H]4/C=C\CCC(=O)OC[C@H](c5ccccc5)NC(=O)[C@H]4[C@@H]2C(=O)N(CCCO)[C@H]3C1=O. The first-order valence-corrected chi connectivity index (χ1v) is 16.0. The first-order chi connectivity index (χ1) is 21.3. The molecule has 2 N–H and O–H groups in total. The van der Waals surface area contributed by atoms with Crippen molar-refractivity contribution in [3.8, 4) is 0 Å². The van der Waals surface area contributed by atoms with E-state index in [4.69, 9.17) is 9.47 Å². The van der Waals surface area contributed by atoms with Gasteiger partial charge in [-0.1, -0.05) is 75.4 Å². The number of benzene rings is 1. The van der Waals surface area contributed by atoms with Crippen LogP contribution in [0.2, 0.25) is 0 Å². The van der Waals surface area contributed by atoms with Crippen molar-refractivity contribution in [1.29, 1.82) is 0 Å². The van der Waals surface area contributed by atoms with Gasteiger partial charge < -0.3 is 29.7 Å². The summed E-state index contributed by atoms with van der Waals surface area (Å²) >= 11 is 0. The number of aliphatic hydroxyl groups excluding tert-OH is 1. The number of carbonyl (C=O) groups is 4. The second kappa shape index (κ2) is 12.7. The number of fused-ring (bicyclic) bond motifs is 2. The maximum Gasteiger partial charge on any atom is 0.306 e. The van der Waals surface area contributed by atoms with Crippen molar-refractivity contribution < 1.29 is 33.8 Å². The third-order valence-electron chi connectivity index (χ3n) is 9.32. The van der Waals surface area contributed by atoms with E-state index in [1.165, 1.54) is 4.90 Å². The van der Waals surface area contributed by atoms with Gasteiger partial charge in [-0.3, -0.25) is 19.2 Å². The quantitative estimate of drug-likeness (QED) is 0.369. The van der Waals surface area contributed by atoms with Gasteiger partial charge in [-0.2, -0.15) is 0 Å². The number of likely N-dealkylation sites (tertiary alicyclic amines) is 1. The Kier molecular flexibility index (Phi) is 9.29. The van der Waals surface area contributed by atoms with Gasteiger partial charge >= 0.3 is 5.97 Å². The van der Waals surface area contributed by atoms with Crippen LogP contribution >= 0.6 is 0 Å². The molecule has 0 aromatic heterocycles. The van der Waals surface area contributed by atoms with E-state index in [0.717, 1.165) is 12.0 Å². The van der Waals surface area contributed by atoms with Crippen LogP contribution in [0, 0.1) is 17.3 Å². The van der Waals surface area contributed by atoms with Gasteiger partial charge in [0.15, 0.2) is 0 Å². The van der Waals surface area contributed by atoms with Crippen molar-refractivity contribution in [3.05, 3.63) is 60.2 Å². The summed E-state index contributed by atoms with van der Waals surface area (Å²) in [5.74, 6) is -3.27. The second-order valence-electron chi connectivity index (χ2n) is 14.5. The monoisotopic (exact) mass is 621 g/mol. The maximum absolute atomic E-state index is 14.7. The number of esters is 1. The maximum atomic E-state index is 14.7. The lowest BCUT2D eigenvalue weighted by Crippen LogP contribution is -2.60. The fourth-order valence-corrected chi connectivity index (χ4v) is 7.86. The summed E-state index contributed by atoms with van der Waals surface area (Å²) in [6, 6.07) is 7.61. The highest BCUT2D eigenvalue weighted by molar-refractivity contribution is 6.00. The van der Waals surface area contributed by atoms with Gasteiger partial charge in [-0.15, -0.1) is 0 Å². The molecule has 0 saturated carbocycles. The zero-order valence-corrected chi connectivity index (χ0v) is 27.0. The highest BCUT2D eigenvalue weighted by Gasteiger charge is 2.71. The predicted octanol–water partition coefficient (Wildman–Crippen LogP) is 3.31. The van der Waals surface area contributed by atoms with E-state index >= 15 is 0 Å². The van der Waals surface area contributed by atoms with Gasteiger partial charge in [-0.05, 0) is 44.1 Å². The van der Waals surface area contributed by atoms with Gasteiger partial charge in [0.1, 0.15) is 18.2 Å². The molecule has 1 spiro atoms. The first kappa shape index (κ1) is 32.9. The third-order valence-corrected chi connectivity index (χ3v) is 9.32. The second-order valence-corrected chi connectivity index (χ2v) is 14.5. The van der Waals surface area contributed by atoms with Crippen molar-refractivity contribution >= 4 is 23.7 Å². The van der Waals surface area contributed by atoms with Crippen molar-refractivity contribution in [2.24, 2.45) is 17.3 Å². The Morgan fingerprint density at radius 3 is 2.44 bits per heavy atom. The van der Waals surface area contributed by atoms with Crippen molar-refractivity contribution in [1.82, 2.24) is 15.1 Å². The van der Waals surface area contributed by atoms with Crippen LogP contribution in [-0.4, -0.2) is 88.2 Å². The molecule has 1 aromatic rings. The van der Waals surface area contributed by atoms with E-state index < -0.39 is 47.1 Å². The number of nitrogens with one attached hydrogen (secondary N) is 1. The fraction of sp³-hybridized carbons (Fsp3) is 0.600. The van der Waals surface area contributed by atoms with Crippen LogP contribution in [0.25, 0.3) is 0 Å². The molecule has 0 aliphatic carbocycles. The molecule has 3 amide bonds. The lowest BCUT2D eigenvalue weighted by Gasteiger charge is -2.44. The number of ether oxygens (including phenoxy) is 2. The number of rotatable bonds is 6. The van der Waals surface area contributed by atoms with E-state index in [9.17, 15) is 24.3 Å². The number of hydrogen-bond acceptors (Lipinski definition) is 7. The summed E-state index contributed by atoms with van der Waals surface area (Å²) < 4.78 is 12.3. The van der Waals surface area contributed by atoms with Crippen LogP contribution in [0.15, 0.2) is 54.6 Å². The number of allylic oxidation sites excluding steroid dienone is 1. The number of amides is 3. The molecule has 10 nitrogen and oxygen atoms in total. The zero-order valence-electron chi connectivity index (χ0n) is 27.0. The fourth-order valence-electron chi connectivity index (χ4n) is 7.86. The van der Waals surface area contributed by atoms with E-state index in [1.54, 1.807) is 12.2 Å². The smallest absolute Gasteiger partial charge is 0.306 e. The summed E-state index contributed by atoms with van der Waals surface area (Å²) in [5.41, 5.74) is -1.22. The minimum Gasteiger partial charge on any atom is -0.463 e. The molecule has 244 valence electrons. The van der Waals surface area contributed by atoms with Gasteiger partial charge in [-0.25, -0.2) is 0 Å². The van der Waals surface area contributed by atoms with Gasteiger partial charge in [0.05, 0.1) is 24.0 Å². The molecule has 4 heterocycles. The normalized spacial score (nSPS) is 31.6. The highest BCUT2D eigenvalue weighted by atomic mass is 16.5. The molecule has 5 rings (SSSR count). The number of hydrogen-bond donors (Lipinski definition) is 2. The molecular weight excluding hydrogens is 574 g/mol. The summed E-state index contributed by atoms with van der Waals surface area (Å²) in [4.78, 5) is 59.3. The largest absolute Gasteiger partial charge is 0.463 e. The van der Waals surface area contributed by atoms with Gasteiger partial charge in [0.25, 0.3) is 0 Å². The summed E-state index contributed by atoms with van der Waals surface area (Å²) in [5, 5.41) is 12.8. The summed E-state index contributed by atoms with van der Waals surface area (Å²) in [6.45, 7) is 10.8. The topological polar surface area (TPSA) is 125 Å². The Hall–Kier alpha value is -3.50. The standard InChI is InChI=1S/C35H47N3O7/c1-33(2,3)22-34(4,5)38-19-11-17-35-28(31(42)37(18-12-20-39)29(35)32(38)43)27-25(45-35)15-9-10-16-26(40)44-21-24(36-30(27)41)23-13-7-6-8-14-23/h6-9,11,13-15,17,24-25,27-29,39H,10,12,16,18-22H2,1-5H3,(H,36,41)/b15-9-/t24-,25+,27-,28-,29+,35-/m1/s1. The van der Waals surface area contributed by atoms with Crippen molar-refractivity contribution in [3.63, 3.8) is 0 Å². The highest BCUT2D eigenvalue weighted by Crippen LogP contribution is 2.53. The van der Waals surface area contributed by atoms with Crippen LogP contribution < -0.4 is 5.32 Å². The average Bonchev–Trinajstić information content (AvgIpc) is 3.34. The Morgan fingerprint density at radius 2 is 1.76 bits per heavy atom. The molecule has 0 unspecified atom stereocenters. The van der Waals surface area contributed by atoms with Crippen molar-refractivity contribution in [2.45, 2.75) is 89.6 Å². The molecule has 1 aromatic carbocycles. The average molecular weight is 622 g/mol. The van der Waals surface area contributed by atoms with Gasteiger partial charge in [0, 0.05) is 31.7 Å². The Balaban J connectivity index is 1.58. The number of carbonyl (C=O) groups excluding carboxylic acids is 4. The molecule has 0 radical (unpaired) electrons. The van der Waals surface area contributed by atoms with Crippen LogP contribution in [-0.2, 0) is 28.7 Å². The minimum absolute atomic E-state index is 0.0538. The molecular formula is C35H47N3O7. The van der Waals surface area contributed by atoms with Crippen LogP contribution in [0.3, 0.4) is 0 Å². The third kappa shape index (κ3) is 6.45. The summed E-state index contributed by atoms with van der Waals surface area (Å²) in [6.07, 6.45) is 8.00. The van der Waals surface area contributed by atoms with E-state index in [1.807, 2.05) is 61.2 Å². The number of nitrogens with zero attached hydrogens (tertiary/aromatic N) is 2. The number of aliphatic hydroxyl groups is 1.